The first-order valence-corrected chi connectivity index (χ1v) is 7.56. The molecule has 0 aliphatic heterocycles. The monoisotopic (exact) mass is 296 g/mol. The first-order chi connectivity index (χ1) is 9.81. The fraction of sp³-hybridized carbons (Fsp3) is 0.800. The zero-order valence-electron chi connectivity index (χ0n) is 14.0. The van der Waals surface area contributed by atoms with E-state index in [1.807, 2.05) is 27.9 Å². The minimum Gasteiger partial charge on any atom is -0.355 e. The molecular weight excluding hydrogens is 268 g/mol. The Morgan fingerprint density at radius 1 is 1.29 bits per heavy atom. The molecule has 0 bridgehead atoms. The van der Waals surface area contributed by atoms with E-state index in [9.17, 15) is 4.79 Å². The van der Waals surface area contributed by atoms with Gasteiger partial charge in [0.05, 0.1) is 0 Å². The van der Waals surface area contributed by atoms with Gasteiger partial charge in [-0.2, -0.15) is 4.98 Å². The van der Waals surface area contributed by atoms with Crippen LogP contribution in [0.2, 0.25) is 0 Å². The lowest BCUT2D eigenvalue weighted by molar-refractivity contribution is -0.121. The molecule has 1 unspecified atom stereocenters. The molecule has 21 heavy (non-hydrogen) atoms. The van der Waals surface area contributed by atoms with Crippen LogP contribution in [-0.4, -0.2) is 47.6 Å². The number of carbonyl (C=O) groups is 1. The standard InChI is InChI=1S/C15H28N4O2/c1-10(2)12(19(5)6)9-16-13(20)7-8-14-17-15(11(3)4)18-21-14/h10-12H,7-9H2,1-6H3,(H,16,20). The number of likely N-dealkylation sites (N-methyl/N-ethyl adjacent to an activating group) is 1. The number of hydrogen-bond acceptors (Lipinski definition) is 5. The van der Waals surface area contributed by atoms with Crippen molar-refractivity contribution in [1.82, 2.24) is 20.4 Å². The maximum Gasteiger partial charge on any atom is 0.227 e. The van der Waals surface area contributed by atoms with Crippen LogP contribution in [-0.2, 0) is 11.2 Å². The van der Waals surface area contributed by atoms with E-state index in [2.05, 4.69) is 34.2 Å². The Morgan fingerprint density at radius 3 is 2.43 bits per heavy atom. The van der Waals surface area contributed by atoms with Crippen molar-refractivity contribution < 1.29 is 9.32 Å². The fourth-order valence-electron chi connectivity index (χ4n) is 2.15. The predicted octanol–water partition coefficient (Wildman–Crippen LogP) is 1.83. The summed E-state index contributed by atoms with van der Waals surface area (Å²) in [5.74, 6) is 1.97. The van der Waals surface area contributed by atoms with Crippen molar-refractivity contribution in [2.75, 3.05) is 20.6 Å². The first kappa shape index (κ1) is 17.6. The number of nitrogens with one attached hydrogen (secondary N) is 1. The highest BCUT2D eigenvalue weighted by atomic mass is 16.5. The van der Waals surface area contributed by atoms with Gasteiger partial charge in [0, 0.05) is 31.3 Å². The summed E-state index contributed by atoms with van der Waals surface area (Å²) in [7, 11) is 4.06. The third-order valence-electron chi connectivity index (χ3n) is 3.51. The van der Waals surface area contributed by atoms with Crippen molar-refractivity contribution in [3.63, 3.8) is 0 Å². The quantitative estimate of drug-likeness (QED) is 0.792. The summed E-state index contributed by atoms with van der Waals surface area (Å²) in [5.41, 5.74) is 0. The molecule has 1 aromatic heterocycles. The number of aryl methyl sites for hydroxylation is 1. The molecule has 0 spiro atoms. The maximum atomic E-state index is 11.9. The van der Waals surface area contributed by atoms with Gasteiger partial charge in [0.15, 0.2) is 5.82 Å². The molecule has 6 nitrogen and oxygen atoms in total. The Labute approximate surface area is 127 Å². The second kappa shape index (κ2) is 8.12. The summed E-state index contributed by atoms with van der Waals surface area (Å²) in [4.78, 5) is 18.3. The minimum atomic E-state index is 0.0202. The highest BCUT2D eigenvalue weighted by molar-refractivity contribution is 5.76. The van der Waals surface area contributed by atoms with Crippen LogP contribution < -0.4 is 5.32 Å². The third kappa shape index (κ3) is 5.83. The van der Waals surface area contributed by atoms with Gasteiger partial charge in [-0.1, -0.05) is 32.9 Å². The molecule has 1 heterocycles. The molecular formula is C15H28N4O2. The average molecular weight is 296 g/mol. The Bertz CT molecular complexity index is 433. The number of hydrogen-bond donors (Lipinski definition) is 1. The van der Waals surface area contributed by atoms with Crippen LogP contribution in [0.4, 0.5) is 0 Å². The number of amides is 1. The fourth-order valence-corrected chi connectivity index (χ4v) is 2.15. The van der Waals surface area contributed by atoms with E-state index in [4.69, 9.17) is 4.52 Å². The summed E-state index contributed by atoms with van der Waals surface area (Å²) in [6.07, 6.45) is 0.859. The van der Waals surface area contributed by atoms with E-state index in [-0.39, 0.29) is 11.8 Å². The molecule has 0 aliphatic carbocycles. The van der Waals surface area contributed by atoms with Crippen LogP contribution in [0.5, 0.6) is 0 Å². The van der Waals surface area contributed by atoms with Crippen LogP contribution in [0, 0.1) is 5.92 Å². The molecule has 0 aromatic carbocycles. The van der Waals surface area contributed by atoms with Gasteiger partial charge in [-0.05, 0) is 20.0 Å². The second-order valence-electron chi connectivity index (χ2n) is 6.28. The summed E-state index contributed by atoms with van der Waals surface area (Å²) in [6.45, 7) is 8.99. The number of carbonyl (C=O) groups excluding carboxylic acids is 1. The SMILES string of the molecule is CC(C)c1noc(CCC(=O)NCC(C(C)C)N(C)C)n1. The first-order valence-electron chi connectivity index (χ1n) is 7.56. The third-order valence-corrected chi connectivity index (χ3v) is 3.51. The van der Waals surface area contributed by atoms with Crippen molar-refractivity contribution in [2.45, 2.75) is 52.5 Å². The molecule has 1 aromatic rings. The van der Waals surface area contributed by atoms with Gasteiger partial charge in [-0.3, -0.25) is 4.79 Å². The molecule has 1 N–H and O–H groups in total. The van der Waals surface area contributed by atoms with E-state index in [0.29, 0.717) is 43.1 Å². The second-order valence-corrected chi connectivity index (χ2v) is 6.28. The minimum absolute atomic E-state index is 0.0202. The van der Waals surface area contributed by atoms with Gasteiger partial charge in [0.1, 0.15) is 0 Å². The summed E-state index contributed by atoms with van der Waals surface area (Å²) < 4.78 is 5.13. The summed E-state index contributed by atoms with van der Waals surface area (Å²) in [6, 6.07) is 0.338. The molecule has 0 fully saturated rings. The van der Waals surface area contributed by atoms with E-state index in [0.717, 1.165) is 0 Å². The smallest absolute Gasteiger partial charge is 0.227 e. The van der Waals surface area contributed by atoms with Gasteiger partial charge < -0.3 is 14.7 Å². The van der Waals surface area contributed by atoms with E-state index >= 15 is 0 Å². The van der Waals surface area contributed by atoms with Crippen molar-refractivity contribution in [3.8, 4) is 0 Å². The highest BCUT2D eigenvalue weighted by Gasteiger charge is 2.17. The molecule has 1 amide bonds. The lowest BCUT2D eigenvalue weighted by Crippen LogP contribution is -2.43. The van der Waals surface area contributed by atoms with Crippen LogP contribution in [0.15, 0.2) is 4.52 Å². The zero-order chi connectivity index (χ0) is 16.0. The molecule has 0 saturated heterocycles. The Hall–Kier alpha value is -1.43. The number of aromatic nitrogens is 2. The predicted molar refractivity (Wildman–Crippen MR) is 82.0 cm³/mol. The average Bonchev–Trinajstić information content (AvgIpc) is 2.84. The van der Waals surface area contributed by atoms with E-state index in [1.54, 1.807) is 0 Å². The number of rotatable bonds is 8. The van der Waals surface area contributed by atoms with Crippen LogP contribution in [0.1, 0.15) is 51.7 Å². The highest BCUT2D eigenvalue weighted by Crippen LogP contribution is 2.10. The zero-order valence-corrected chi connectivity index (χ0v) is 14.0. The Kier molecular flexibility index (Phi) is 6.81. The van der Waals surface area contributed by atoms with E-state index < -0.39 is 0 Å². The molecule has 0 saturated carbocycles. The van der Waals surface area contributed by atoms with Gasteiger partial charge in [-0.15, -0.1) is 0 Å². The Balaban J connectivity index is 2.36. The molecule has 1 rings (SSSR count). The van der Waals surface area contributed by atoms with Crippen LogP contribution in [0.3, 0.4) is 0 Å². The lowest BCUT2D eigenvalue weighted by atomic mass is 10.0. The van der Waals surface area contributed by atoms with Gasteiger partial charge in [0.25, 0.3) is 0 Å². The molecule has 0 radical (unpaired) electrons. The number of nitrogens with zero attached hydrogens (tertiary/aromatic N) is 3. The topological polar surface area (TPSA) is 71.3 Å². The largest absolute Gasteiger partial charge is 0.355 e. The van der Waals surface area contributed by atoms with Crippen molar-refractivity contribution in [3.05, 3.63) is 11.7 Å². The normalized spacial score (nSPS) is 13.2. The summed E-state index contributed by atoms with van der Waals surface area (Å²) >= 11 is 0. The van der Waals surface area contributed by atoms with Crippen molar-refractivity contribution >= 4 is 5.91 Å². The van der Waals surface area contributed by atoms with Gasteiger partial charge in [0.2, 0.25) is 11.8 Å². The molecule has 120 valence electrons. The maximum absolute atomic E-state index is 11.9. The van der Waals surface area contributed by atoms with E-state index in [1.165, 1.54) is 0 Å². The van der Waals surface area contributed by atoms with Crippen molar-refractivity contribution in [2.24, 2.45) is 5.92 Å². The van der Waals surface area contributed by atoms with Crippen molar-refractivity contribution in [1.29, 1.82) is 0 Å². The molecule has 0 aliphatic rings. The van der Waals surface area contributed by atoms with Gasteiger partial charge >= 0.3 is 0 Å². The lowest BCUT2D eigenvalue weighted by Gasteiger charge is -2.28. The van der Waals surface area contributed by atoms with Crippen LogP contribution in [0.25, 0.3) is 0 Å². The molecule has 6 heteroatoms. The summed E-state index contributed by atoms with van der Waals surface area (Å²) in [5, 5.41) is 6.86. The van der Waals surface area contributed by atoms with Crippen LogP contribution >= 0.6 is 0 Å². The van der Waals surface area contributed by atoms with Gasteiger partial charge in [-0.25, -0.2) is 0 Å². The Morgan fingerprint density at radius 2 is 1.95 bits per heavy atom. The molecule has 1 atom stereocenters.